The standard InChI is InChI=1S/C11H16N2S2/c1-3-6-14-7-5-12-8-10-9-15-11(4-2)13-10/h1,9,12H,4-8H2,2H3. The Balaban J connectivity index is 2.07. The first-order valence-electron chi connectivity index (χ1n) is 5.02. The average molecular weight is 240 g/mol. The van der Waals surface area contributed by atoms with Crippen molar-refractivity contribution in [1.82, 2.24) is 10.3 Å². The quantitative estimate of drug-likeness (QED) is 0.584. The summed E-state index contributed by atoms with van der Waals surface area (Å²) in [5, 5.41) is 6.69. The second-order valence-electron chi connectivity index (χ2n) is 3.02. The van der Waals surface area contributed by atoms with Gasteiger partial charge in [-0.3, -0.25) is 0 Å². The van der Waals surface area contributed by atoms with Gasteiger partial charge < -0.3 is 5.32 Å². The lowest BCUT2D eigenvalue weighted by atomic mass is 10.4. The summed E-state index contributed by atoms with van der Waals surface area (Å²) in [6, 6.07) is 0. The number of hydrogen-bond donors (Lipinski definition) is 1. The van der Waals surface area contributed by atoms with Crippen LogP contribution in [0.15, 0.2) is 5.38 Å². The van der Waals surface area contributed by atoms with Gasteiger partial charge in [-0.15, -0.1) is 29.5 Å². The van der Waals surface area contributed by atoms with Crippen LogP contribution in [0.1, 0.15) is 17.6 Å². The average Bonchev–Trinajstić information content (AvgIpc) is 2.71. The smallest absolute Gasteiger partial charge is 0.0926 e. The molecule has 4 heteroatoms. The topological polar surface area (TPSA) is 24.9 Å². The molecule has 0 spiro atoms. The minimum absolute atomic E-state index is 0.804. The Morgan fingerprint density at radius 2 is 2.53 bits per heavy atom. The third-order valence-electron chi connectivity index (χ3n) is 1.82. The van der Waals surface area contributed by atoms with Gasteiger partial charge in [-0.1, -0.05) is 12.8 Å². The summed E-state index contributed by atoms with van der Waals surface area (Å²) >= 11 is 3.52. The lowest BCUT2D eigenvalue weighted by molar-refractivity contribution is 0.717. The first kappa shape index (κ1) is 12.6. The van der Waals surface area contributed by atoms with Gasteiger partial charge in [0.1, 0.15) is 0 Å². The second-order valence-corrected chi connectivity index (χ2v) is 5.07. The molecule has 0 radical (unpaired) electrons. The Labute approximate surface area is 99.9 Å². The summed E-state index contributed by atoms with van der Waals surface area (Å²) in [5.74, 6) is 4.48. The van der Waals surface area contributed by atoms with Crippen LogP contribution in [-0.2, 0) is 13.0 Å². The van der Waals surface area contributed by atoms with Crippen molar-refractivity contribution in [1.29, 1.82) is 0 Å². The van der Waals surface area contributed by atoms with Crippen LogP contribution in [0.4, 0.5) is 0 Å². The zero-order chi connectivity index (χ0) is 10.9. The van der Waals surface area contributed by atoms with Crippen molar-refractivity contribution >= 4 is 23.1 Å². The zero-order valence-corrected chi connectivity index (χ0v) is 10.6. The number of nitrogens with zero attached hydrogens (tertiary/aromatic N) is 1. The van der Waals surface area contributed by atoms with Crippen molar-refractivity contribution in [3.05, 3.63) is 16.1 Å². The summed E-state index contributed by atoms with van der Waals surface area (Å²) in [6.07, 6.45) is 6.18. The lowest BCUT2D eigenvalue weighted by Gasteiger charge is -2.00. The van der Waals surface area contributed by atoms with E-state index in [1.54, 1.807) is 23.1 Å². The Morgan fingerprint density at radius 3 is 3.20 bits per heavy atom. The fourth-order valence-electron chi connectivity index (χ4n) is 1.08. The van der Waals surface area contributed by atoms with Gasteiger partial charge >= 0.3 is 0 Å². The monoisotopic (exact) mass is 240 g/mol. The number of aryl methyl sites for hydroxylation is 1. The first-order chi connectivity index (χ1) is 7.36. The predicted molar refractivity (Wildman–Crippen MR) is 69.4 cm³/mol. The van der Waals surface area contributed by atoms with Gasteiger partial charge in [-0.25, -0.2) is 4.98 Å². The molecular formula is C11H16N2S2. The van der Waals surface area contributed by atoms with E-state index >= 15 is 0 Å². The van der Waals surface area contributed by atoms with E-state index in [0.717, 1.165) is 36.7 Å². The molecule has 0 bridgehead atoms. The second kappa shape index (κ2) is 7.75. The number of nitrogens with one attached hydrogen (secondary N) is 1. The Morgan fingerprint density at radius 1 is 1.67 bits per heavy atom. The van der Waals surface area contributed by atoms with Gasteiger partial charge in [-0.2, -0.15) is 0 Å². The highest BCUT2D eigenvalue weighted by Crippen LogP contribution is 2.09. The largest absolute Gasteiger partial charge is 0.310 e. The normalized spacial score (nSPS) is 10.1. The fraction of sp³-hybridized carbons (Fsp3) is 0.545. The van der Waals surface area contributed by atoms with Crippen molar-refractivity contribution < 1.29 is 0 Å². The number of terminal acetylenes is 1. The molecule has 2 nitrogen and oxygen atoms in total. The molecular weight excluding hydrogens is 224 g/mol. The predicted octanol–water partition coefficient (Wildman–Crippen LogP) is 2.16. The molecule has 0 aliphatic rings. The van der Waals surface area contributed by atoms with Gasteiger partial charge in [0.15, 0.2) is 0 Å². The van der Waals surface area contributed by atoms with Crippen molar-refractivity contribution in [3.63, 3.8) is 0 Å². The van der Waals surface area contributed by atoms with Crippen LogP contribution in [0.25, 0.3) is 0 Å². The van der Waals surface area contributed by atoms with Gasteiger partial charge in [0.25, 0.3) is 0 Å². The molecule has 0 aliphatic carbocycles. The Bertz CT molecular complexity index is 315. The lowest BCUT2D eigenvalue weighted by Crippen LogP contribution is -2.16. The van der Waals surface area contributed by atoms with Crippen LogP contribution in [0.5, 0.6) is 0 Å². The van der Waals surface area contributed by atoms with Gasteiger partial charge in [0.2, 0.25) is 0 Å². The summed E-state index contributed by atoms with van der Waals surface area (Å²) in [6.45, 7) is 3.99. The third kappa shape index (κ3) is 5.22. The van der Waals surface area contributed by atoms with E-state index in [9.17, 15) is 0 Å². The van der Waals surface area contributed by atoms with E-state index in [1.807, 2.05) is 0 Å². The Hall–Kier alpha value is -0.500. The molecule has 0 aliphatic heterocycles. The molecule has 15 heavy (non-hydrogen) atoms. The third-order valence-corrected chi connectivity index (χ3v) is 3.72. The van der Waals surface area contributed by atoms with Crippen molar-refractivity contribution in [2.75, 3.05) is 18.1 Å². The summed E-state index contributed by atoms with van der Waals surface area (Å²) in [5.41, 5.74) is 1.15. The maximum absolute atomic E-state index is 5.15. The molecule has 1 aromatic heterocycles. The molecule has 1 N–H and O–H groups in total. The van der Waals surface area contributed by atoms with E-state index in [4.69, 9.17) is 6.42 Å². The number of thioether (sulfide) groups is 1. The van der Waals surface area contributed by atoms with E-state index in [-0.39, 0.29) is 0 Å². The number of aromatic nitrogens is 1. The van der Waals surface area contributed by atoms with Crippen LogP contribution >= 0.6 is 23.1 Å². The maximum atomic E-state index is 5.15. The van der Waals surface area contributed by atoms with Crippen molar-refractivity contribution in [3.8, 4) is 12.3 Å². The molecule has 0 aromatic carbocycles. The van der Waals surface area contributed by atoms with Crippen LogP contribution in [0.3, 0.4) is 0 Å². The molecule has 0 amide bonds. The molecule has 0 saturated carbocycles. The fourth-order valence-corrected chi connectivity index (χ4v) is 2.38. The molecule has 1 aromatic rings. The summed E-state index contributed by atoms with van der Waals surface area (Å²) < 4.78 is 0. The SMILES string of the molecule is C#CCSCCNCc1csc(CC)n1. The van der Waals surface area contributed by atoms with E-state index in [0.29, 0.717) is 0 Å². The van der Waals surface area contributed by atoms with Crippen LogP contribution < -0.4 is 5.32 Å². The molecule has 0 saturated heterocycles. The van der Waals surface area contributed by atoms with E-state index < -0.39 is 0 Å². The van der Waals surface area contributed by atoms with Crippen LogP contribution in [0.2, 0.25) is 0 Å². The minimum atomic E-state index is 0.804. The molecule has 1 heterocycles. The minimum Gasteiger partial charge on any atom is -0.310 e. The zero-order valence-electron chi connectivity index (χ0n) is 8.95. The highest BCUT2D eigenvalue weighted by atomic mass is 32.2. The number of rotatable bonds is 7. The van der Waals surface area contributed by atoms with Crippen LogP contribution in [0, 0.1) is 12.3 Å². The van der Waals surface area contributed by atoms with Gasteiger partial charge in [0.05, 0.1) is 16.5 Å². The molecule has 0 unspecified atom stereocenters. The van der Waals surface area contributed by atoms with Gasteiger partial charge in [0, 0.05) is 24.2 Å². The molecule has 0 fully saturated rings. The molecule has 0 atom stereocenters. The Kier molecular flexibility index (Phi) is 6.49. The van der Waals surface area contributed by atoms with E-state index in [1.165, 1.54) is 5.01 Å². The van der Waals surface area contributed by atoms with Crippen LogP contribution in [-0.4, -0.2) is 23.0 Å². The van der Waals surface area contributed by atoms with Crippen molar-refractivity contribution in [2.45, 2.75) is 19.9 Å². The highest BCUT2D eigenvalue weighted by Gasteiger charge is 1.98. The summed E-state index contributed by atoms with van der Waals surface area (Å²) in [7, 11) is 0. The van der Waals surface area contributed by atoms with Gasteiger partial charge in [-0.05, 0) is 6.42 Å². The summed E-state index contributed by atoms with van der Waals surface area (Å²) in [4.78, 5) is 4.48. The van der Waals surface area contributed by atoms with E-state index in [2.05, 4.69) is 28.5 Å². The number of thiazole rings is 1. The molecule has 1 rings (SSSR count). The molecule has 82 valence electrons. The first-order valence-corrected chi connectivity index (χ1v) is 7.05. The highest BCUT2D eigenvalue weighted by molar-refractivity contribution is 7.99. The number of hydrogen-bond acceptors (Lipinski definition) is 4. The maximum Gasteiger partial charge on any atom is 0.0926 e. The van der Waals surface area contributed by atoms with Crippen molar-refractivity contribution in [2.24, 2.45) is 0 Å².